The first-order valence-corrected chi connectivity index (χ1v) is 28.9. The van der Waals surface area contributed by atoms with Gasteiger partial charge in [-0.2, -0.15) is 0 Å². The topological polar surface area (TPSA) is 80.3 Å². The summed E-state index contributed by atoms with van der Waals surface area (Å²) >= 11 is 0. The van der Waals surface area contributed by atoms with E-state index in [4.69, 9.17) is 21.2 Å². The van der Waals surface area contributed by atoms with Gasteiger partial charge in [-0.1, -0.05) is 32.6 Å². The summed E-state index contributed by atoms with van der Waals surface area (Å²) in [6.45, 7) is 24.3. The predicted molar refractivity (Wildman–Crippen MR) is 159 cm³/mol. The summed E-state index contributed by atoms with van der Waals surface area (Å²) in [5, 5.41) is 0. The molecular formula is C25H52O7Si5. The molecule has 0 amide bonds. The molecule has 2 aliphatic carbocycles. The van der Waals surface area contributed by atoms with Crippen LogP contribution in [0.3, 0.4) is 0 Å². The molecule has 1 saturated heterocycles. The van der Waals surface area contributed by atoms with E-state index in [-0.39, 0.29) is 41.2 Å². The highest BCUT2D eigenvalue weighted by Crippen LogP contribution is 2.63. The van der Waals surface area contributed by atoms with Crippen LogP contribution in [0, 0.1) is 23.7 Å². The number of carbonyl (C=O) groups excluding carboxylic acids is 2. The van der Waals surface area contributed by atoms with Crippen LogP contribution < -0.4 is 0 Å². The monoisotopic (exact) mass is 604 g/mol. The van der Waals surface area contributed by atoms with Gasteiger partial charge in [0.1, 0.15) is 0 Å². The van der Waals surface area contributed by atoms with Gasteiger partial charge in [0, 0.05) is 5.54 Å². The van der Waals surface area contributed by atoms with E-state index < -0.39 is 42.3 Å². The van der Waals surface area contributed by atoms with Gasteiger partial charge < -0.3 is 21.2 Å². The molecule has 1 aliphatic heterocycles. The Morgan fingerprint density at radius 3 is 1.89 bits per heavy atom. The maximum absolute atomic E-state index is 12.7. The van der Waals surface area contributed by atoms with Crippen molar-refractivity contribution in [2.24, 2.45) is 23.7 Å². The second kappa shape index (κ2) is 11.1. The number of cyclic esters (lactones) is 2. The fourth-order valence-electron chi connectivity index (χ4n) is 7.35. The minimum Gasteiger partial charge on any atom is -0.437 e. The van der Waals surface area contributed by atoms with Crippen molar-refractivity contribution in [2.75, 3.05) is 0 Å². The number of unbranched alkanes of at least 4 members (excludes halogenated alkanes) is 3. The van der Waals surface area contributed by atoms with E-state index in [1.807, 2.05) is 0 Å². The molecule has 0 radical (unpaired) electrons. The van der Waals surface area contributed by atoms with Crippen LogP contribution in [0.1, 0.15) is 45.4 Å². The number of hydrogen-bond acceptors (Lipinski definition) is 7. The SMILES string of the molecule is CCCCCC[Si](C)(O[Si](C)(C)C)O[Si](C)(O[Si](C)(C)O[Si](C)(C)C)C1CC2CC1C1C(=O)OC(=O)C21. The summed E-state index contributed by atoms with van der Waals surface area (Å²) in [7, 11) is -11.8. The molecule has 3 rings (SSSR count). The van der Waals surface area contributed by atoms with Gasteiger partial charge in [-0.3, -0.25) is 9.59 Å². The molecule has 7 unspecified atom stereocenters. The average Bonchev–Trinajstić information content (AvgIpc) is 3.34. The van der Waals surface area contributed by atoms with Crippen molar-refractivity contribution in [3.05, 3.63) is 0 Å². The Balaban J connectivity index is 1.95. The van der Waals surface area contributed by atoms with Crippen LogP contribution >= 0.6 is 0 Å². The zero-order valence-electron chi connectivity index (χ0n) is 25.2. The molecule has 3 aliphatic rings. The first-order chi connectivity index (χ1) is 16.8. The van der Waals surface area contributed by atoms with Gasteiger partial charge in [0.2, 0.25) is 0 Å². The highest BCUT2D eigenvalue weighted by Gasteiger charge is 2.68. The van der Waals surface area contributed by atoms with Crippen molar-refractivity contribution >= 4 is 54.3 Å². The lowest BCUT2D eigenvalue weighted by Gasteiger charge is -2.48. The van der Waals surface area contributed by atoms with Gasteiger partial charge in [-0.25, -0.2) is 0 Å². The summed E-state index contributed by atoms with van der Waals surface area (Å²) in [6, 6.07) is 0.952. The lowest BCUT2D eigenvalue weighted by molar-refractivity contribution is -0.154. The molecule has 0 aromatic rings. The highest BCUT2D eigenvalue weighted by molar-refractivity contribution is 6.91. The minimum atomic E-state index is -2.92. The third-order valence-electron chi connectivity index (χ3n) is 7.85. The number of fused-ring (bicyclic) bond motifs is 5. The van der Waals surface area contributed by atoms with Crippen molar-refractivity contribution in [1.29, 1.82) is 0 Å². The number of carbonyl (C=O) groups is 2. The molecular weight excluding hydrogens is 553 g/mol. The molecule has 2 saturated carbocycles. The molecule has 1 heterocycles. The first-order valence-electron chi connectivity index (χ1n) is 14.3. The van der Waals surface area contributed by atoms with E-state index in [1.54, 1.807) is 0 Å². The molecule has 0 spiro atoms. The fraction of sp³-hybridized carbons (Fsp3) is 0.920. The lowest BCUT2D eigenvalue weighted by atomic mass is 9.81. The first kappa shape index (κ1) is 31.6. The molecule has 2 bridgehead atoms. The maximum Gasteiger partial charge on any atom is 0.320 e. The molecule has 7 atom stereocenters. The van der Waals surface area contributed by atoms with Gasteiger partial charge in [-0.05, 0) is 96.2 Å². The van der Waals surface area contributed by atoms with E-state index in [0.717, 1.165) is 25.3 Å². The zero-order chi connectivity index (χ0) is 28.0. The van der Waals surface area contributed by atoms with E-state index >= 15 is 0 Å². The summed E-state index contributed by atoms with van der Waals surface area (Å²) in [4.78, 5) is 25.2. The normalized spacial score (nSPS) is 31.3. The van der Waals surface area contributed by atoms with Crippen molar-refractivity contribution in [3.63, 3.8) is 0 Å². The molecule has 0 aromatic heterocycles. The van der Waals surface area contributed by atoms with Crippen LogP contribution in [-0.4, -0.2) is 54.3 Å². The Hall–Kier alpha value is 0.0644. The van der Waals surface area contributed by atoms with Crippen LogP contribution in [0.5, 0.6) is 0 Å². The van der Waals surface area contributed by atoms with E-state index in [2.05, 4.69) is 72.4 Å². The van der Waals surface area contributed by atoms with Crippen LogP contribution in [-0.2, 0) is 30.8 Å². The number of hydrogen-bond donors (Lipinski definition) is 0. The Kier molecular flexibility index (Phi) is 9.52. The van der Waals surface area contributed by atoms with Crippen molar-refractivity contribution in [1.82, 2.24) is 0 Å². The molecule has 214 valence electrons. The maximum atomic E-state index is 12.7. The highest BCUT2D eigenvalue weighted by atomic mass is 28.5. The van der Waals surface area contributed by atoms with Crippen LogP contribution in [0.4, 0.5) is 0 Å². The summed E-state index contributed by atoms with van der Waals surface area (Å²) in [5.74, 6) is -1.01. The summed E-state index contributed by atoms with van der Waals surface area (Å²) in [5.41, 5.74) is 0.127. The Bertz CT molecular complexity index is 857. The number of ether oxygens (including phenoxy) is 1. The second-order valence-electron chi connectivity index (χ2n) is 14.3. The van der Waals surface area contributed by atoms with E-state index in [0.29, 0.717) is 0 Å². The molecule has 3 fully saturated rings. The third-order valence-corrected chi connectivity index (χ3v) is 26.7. The largest absolute Gasteiger partial charge is 0.437 e. The Morgan fingerprint density at radius 1 is 0.730 bits per heavy atom. The van der Waals surface area contributed by atoms with Gasteiger partial charge in [0.25, 0.3) is 0 Å². The number of esters is 2. The third kappa shape index (κ3) is 7.84. The summed E-state index contributed by atoms with van der Waals surface area (Å²) in [6.07, 6.45) is 6.44. The van der Waals surface area contributed by atoms with Gasteiger partial charge in [0.15, 0.2) is 16.6 Å². The van der Waals surface area contributed by atoms with E-state index in [9.17, 15) is 9.59 Å². The van der Waals surface area contributed by atoms with Crippen LogP contribution in [0.15, 0.2) is 0 Å². The predicted octanol–water partition coefficient (Wildman–Crippen LogP) is 6.87. The van der Waals surface area contributed by atoms with Gasteiger partial charge in [-0.15, -0.1) is 0 Å². The number of rotatable bonds is 14. The van der Waals surface area contributed by atoms with Crippen molar-refractivity contribution in [3.8, 4) is 0 Å². The molecule has 12 heteroatoms. The standard InChI is InChI=1S/C25H52O7Si5/c1-12-13-14-15-16-36(10,30-34(5,6)7)32-37(11,31-35(8,9)29-33(2,3)4)21-18-19-17-20(21)23-22(19)24(26)28-25(23)27/h19-23H,12-18H2,1-11H3. The van der Waals surface area contributed by atoms with Gasteiger partial charge >= 0.3 is 37.6 Å². The molecule has 0 aromatic carbocycles. The van der Waals surface area contributed by atoms with Crippen molar-refractivity contribution < 1.29 is 30.8 Å². The van der Waals surface area contributed by atoms with Crippen molar-refractivity contribution in [2.45, 2.75) is 123 Å². The van der Waals surface area contributed by atoms with Gasteiger partial charge in [0.05, 0.1) is 11.8 Å². The lowest BCUT2D eigenvalue weighted by Crippen LogP contribution is -2.63. The second-order valence-corrected chi connectivity index (χ2v) is 34.3. The summed E-state index contributed by atoms with van der Waals surface area (Å²) < 4.78 is 33.3. The van der Waals surface area contributed by atoms with Crippen LogP contribution in [0.25, 0.3) is 0 Å². The molecule has 7 nitrogen and oxygen atoms in total. The quantitative estimate of drug-likeness (QED) is 0.0926. The zero-order valence-corrected chi connectivity index (χ0v) is 30.2. The molecule has 0 N–H and O–H groups in total. The smallest absolute Gasteiger partial charge is 0.320 e. The van der Waals surface area contributed by atoms with Crippen LogP contribution in [0.2, 0.25) is 77.1 Å². The van der Waals surface area contributed by atoms with E-state index in [1.165, 1.54) is 19.3 Å². The Labute approximate surface area is 230 Å². The molecule has 37 heavy (non-hydrogen) atoms. The minimum absolute atomic E-state index is 0.0764. The fourth-order valence-corrected chi connectivity index (χ4v) is 32.2. The average molecular weight is 605 g/mol. The Morgan fingerprint density at radius 2 is 1.32 bits per heavy atom.